The molecular weight excluding hydrogens is 300 g/mol. The summed E-state index contributed by atoms with van der Waals surface area (Å²) in [5.74, 6) is 0.802. The van der Waals surface area contributed by atoms with E-state index in [-0.39, 0.29) is 0 Å². The van der Waals surface area contributed by atoms with E-state index < -0.39 is 0 Å². The van der Waals surface area contributed by atoms with Gasteiger partial charge in [0.1, 0.15) is 0 Å². The maximum Gasteiger partial charge on any atom is 0.191 e. The highest BCUT2D eigenvalue weighted by Crippen LogP contribution is 2.16. The van der Waals surface area contributed by atoms with Crippen molar-refractivity contribution in [3.05, 3.63) is 47.0 Å². The van der Waals surface area contributed by atoms with Crippen LogP contribution in [0, 0.1) is 0 Å². The highest BCUT2D eigenvalue weighted by atomic mass is 15.3. The number of hydrogen-bond donors (Lipinski definition) is 2. The third-order valence-electron chi connectivity index (χ3n) is 3.93. The van der Waals surface area contributed by atoms with Gasteiger partial charge in [0, 0.05) is 31.0 Å². The molecule has 2 aromatic heterocycles. The minimum Gasteiger partial charge on any atom is -0.357 e. The van der Waals surface area contributed by atoms with Crippen molar-refractivity contribution in [3.8, 4) is 0 Å². The molecule has 2 aromatic rings. The molecule has 0 radical (unpaired) electrons. The van der Waals surface area contributed by atoms with Crippen LogP contribution in [-0.4, -0.2) is 27.3 Å². The SMILES string of the molecule is CCNC(=NCc1c(CC)nn(C)c1CC)NCc1ccccn1. The molecule has 2 N–H and O–H groups in total. The van der Waals surface area contributed by atoms with Crippen LogP contribution in [0.15, 0.2) is 29.4 Å². The molecule has 0 atom stereocenters. The van der Waals surface area contributed by atoms with Crippen LogP contribution >= 0.6 is 0 Å². The van der Waals surface area contributed by atoms with Crippen LogP contribution < -0.4 is 10.6 Å². The number of rotatable bonds is 7. The van der Waals surface area contributed by atoms with Crippen molar-refractivity contribution in [2.24, 2.45) is 12.0 Å². The van der Waals surface area contributed by atoms with Crippen molar-refractivity contribution in [2.45, 2.75) is 46.7 Å². The van der Waals surface area contributed by atoms with Crippen LogP contribution in [-0.2, 0) is 33.0 Å². The first-order chi connectivity index (χ1) is 11.7. The summed E-state index contributed by atoms with van der Waals surface area (Å²) < 4.78 is 1.98. The molecule has 0 fully saturated rings. The van der Waals surface area contributed by atoms with Gasteiger partial charge >= 0.3 is 0 Å². The summed E-state index contributed by atoms with van der Waals surface area (Å²) in [5.41, 5.74) is 4.64. The predicted molar refractivity (Wildman–Crippen MR) is 97.9 cm³/mol. The van der Waals surface area contributed by atoms with Gasteiger partial charge in [0.25, 0.3) is 0 Å². The third-order valence-corrected chi connectivity index (χ3v) is 3.93. The van der Waals surface area contributed by atoms with Crippen molar-refractivity contribution in [1.82, 2.24) is 25.4 Å². The first kappa shape index (κ1) is 18.0. The van der Waals surface area contributed by atoms with E-state index in [2.05, 4.69) is 41.5 Å². The number of guanidine groups is 1. The average molecular weight is 328 g/mol. The molecule has 0 saturated heterocycles. The van der Waals surface area contributed by atoms with E-state index in [4.69, 9.17) is 4.99 Å². The summed E-state index contributed by atoms with van der Waals surface area (Å²) in [5, 5.41) is 11.2. The fraction of sp³-hybridized carbons (Fsp3) is 0.500. The second-order valence-electron chi connectivity index (χ2n) is 5.57. The molecule has 6 heteroatoms. The Hall–Kier alpha value is -2.37. The molecule has 0 aliphatic heterocycles. The van der Waals surface area contributed by atoms with E-state index in [0.717, 1.165) is 36.7 Å². The monoisotopic (exact) mass is 328 g/mol. The average Bonchev–Trinajstić information content (AvgIpc) is 2.93. The van der Waals surface area contributed by atoms with Gasteiger partial charge in [-0.1, -0.05) is 19.9 Å². The van der Waals surface area contributed by atoms with E-state index in [1.165, 1.54) is 11.3 Å². The number of aromatic nitrogens is 3. The topological polar surface area (TPSA) is 67.1 Å². The summed E-state index contributed by atoms with van der Waals surface area (Å²) in [6, 6.07) is 5.91. The number of nitrogens with one attached hydrogen (secondary N) is 2. The fourth-order valence-electron chi connectivity index (χ4n) is 2.75. The number of pyridine rings is 1. The van der Waals surface area contributed by atoms with Crippen LogP contribution in [0.3, 0.4) is 0 Å². The van der Waals surface area contributed by atoms with Gasteiger partial charge in [-0.15, -0.1) is 0 Å². The lowest BCUT2D eigenvalue weighted by Crippen LogP contribution is -2.37. The van der Waals surface area contributed by atoms with Gasteiger partial charge in [0.2, 0.25) is 0 Å². The smallest absolute Gasteiger partial charge is 0.191 e. The Kier molecular flexibility index (Phi) is 6.78. The predicted octanol–water partition coefficient (Wildman–Crippen LogP) is 2.20. The molecule has 0 aromatic carbocycles. The molecule has 0 aliphatic rings. The number of aliphatic imine (C=N–C) groups is 1. The van der Waals surface area contributed by atoms with E-state index in [9.17, 15) is 0 Å². The minimum absolute atomic E-state index is 0.637. The van der Waals surface area contributed by atoms with Crippen LogP contribution in [0.2, 0.25) is 0 Å². The lowest BCUT2D eigenvalue weighted by molar-refractivity contribution is 0.703. The Labute approximate surface area is 144 Å². The molecule has 0 aliphatic carbocycles. The quantitative estimate of drug-likeness (QED) is 0.604. The molecule has 0 bridgehead atoms. The van der Waals surface area contributed by atoms with Gasteiger partial charge in [0.15, 0.2) is 5.96 Å². The molecular formula is C18H28N6. The van der Waals surface area contributed by atoms with Crippen LogP contribution in [0.4, 0.5) is 0 Å². The number of nitrogens with zero attached hydrogens (tertiary/aromatic N) is 4. The van der Waals surface area contributed by atoms with E-state index in [1.54, 1.807) is 6.20 Å². The van der Waals surface area contributed by atoms with E-state index in [1.807, 2.05) is 29.9 Å². The summed E-state index contributed by atoms with van der Waals surface area (Å²) >= 11 is 0. The summed E-state index contributed by atoms with van der Waals surface area (Å²) in [7, 11) is 2.01. The van der Waals surface area contributed by atoms with Crippen molar-refractivity contribution in [3.63, 3.8) is 0 Å². The zero-order chi connectivity index (χ0) is 17.4. The Balaban J connectivity index is 2.10. The zero-order valence-corrected chi connectivity index (χ0v) is 15.1. The van der Waals surface area contributed by atoms with E-state index >= 15 is 0 Å². The summed E-state index contributed by atoms with van der Waals surface area (Å²) in [4.78, 5) is 9.07. The van der Waals surface area contributed by atoms with Gasteiger partial charge in [-0.2, -0.15) is 5.10 Å². The first-order valence-electron chi connectivity index (χ1n) is 8.65. The number of aryl methyl sites for hydroxylation is 2. The van der Waals surface area contributed by atoms with Crippen molar-refractivity contribution >= 4 is 5.96 Å². The molecule has 2 heterocycles. The molecule has 0 unspecified atom stereocenters. The zero-order valence-electron chi connectivity index (χ0n) is 15.1. The summed E-state index contributed by atoms with van der Waals surface area (Å²) in [6.07, 6.45) is 3.70. The first-order valence-corrected chi connectivity index (χ1v) is 8.65. The second kappa shape index (κ2) is 9.05. The lowest BCUT2D eigenvalue weighted by atomic mass is 10.1. The Morgan fingerprint density at radius 2 is 2.00 bits per heavy atom. The van der Waals surface area contributed by atoms with Crippen LogP contribution in [0.1, 0.15) is 43.4 Å². The molecule has 24 heavy (non-hydrogen) atoms. The van der Waals surface area contributed by atoms with Gasteiger partial charge in [-0.3, -0.25) is 9.67 Å². The highest BCUT2D eigenvalue weighted by Gasteiger charge is 2.13. The Bertz CT molecular complexity index is 660. The van der Waals surface area contributed by atoms with Crippen LogP contribution in [0.25, 0.3) is 0 Å². The van der Waals surface area contributed by atoms with Gasteiger partial charge < -0.3 is 10.6 Å². The third kappa shape index (κ3) is 4.57. The number of hydrogen-bond acceptors (Lipinski definition) is 3. The van der Waals surface area contributed by atoms with Crippen molar-refractivity contribution in [2.75, 3.05) is 6.54 Å². The molecule has 2 rings (SSSR count). The normalized spacial score (nSPS) is 11.6. The Morgan fingerprint density at radius 3 is 2.62 bits per heavy atom. The lowest BCUT2D eigenvalue weighted by Gasteiger charge is -2.11. The highest BCUT2D eigenvalue weighted by molar-refractivity contribution is 5.79. The minimum atomic E-state index is 0.637. The molecule has 6 nitrogen and oxygen atoms in total. The van der Waals surface area contributed by atoms with Gasteiger partial charge in [-0.05, 0) is 31.9 Å². The largest absolute Gasteiger partial charge is 0.357 e. The summed E-state index contributed by atoms with van der Waals surface area (Å²) in [6.45, 7) is 8.48. The molecule has 0 spiro atoms. The van der Waals surface area contributed by atoms with Gasteiger partial charge in [0.05, 0.1) is 24.5 Å². The van der Waals surface area contributed by atoms with Gasteiger partial charge in [-0.25, -0.2) is 4.99 Å². The van der Waals surface area contributed by atoms with Crippen LogP contribution in [0.5, 0.6) is 0 Å². The van der Waals surface area contributed by atoms with Crippen molar-refractivity contribution < 1.29 is 0 Å². The Morgan fingerprint density at radius 1 is 1.17 bits per heavy atom. The standard InChI is InChI=1S/C18H28N6/c1-5-16-15(17(6-2)24(4)23-16)13-22-18(19-7-3)21-12-14-10-8-9-11-20-14/h8-11H,5-7,12-13H2,1-4H3,(H2,19,21,22). The van der Waals surface area contributed by atoms with E-state index in [0.29, 0.717) is 13.1 Å². The molecule has 130 valence electrons. The maximum absolute atomic E-state index is 4.74. The van der Waals surface area contributed by atoms with Crippen molar-refractivity contribution in [1.29, 1.82) is 0 Å². The maximum atomic E-state index is 4.74. The fourth-order valence-corrected chi connectivity index (χ4v) is 2.75. The molecule has 0 saturated carbocycles. The molecule has 0 amide bonds. The second-order valence-corrected chi connectivity index (χ2v) is 5.57.